The highest BCUT2D eigenvalue weighted by molar-refractivity contribution is 9.11. The number of hydrogen-bond donors (Lipinski definition) is 1. The summed E-state index contributed by atoms with van der Waals surface area (Å²) >= 11 is 6.64. The smallest absolute Gasteiger partial charge is 0.310 e. The lowest BCUT2D eigenvalue weighted by Gasteiger charge is -2.39. The molecule has 6 nitrogen and oxygen atoms in total. The maximum Gasteiger partial charge on any atom is 0.310 e. The summed E-state index contributed by atoms with van der Waals surface area (Å²) < 4.78 is 12.8. The van der Waals surface area contributed by atoms with Crippen LogP contribution in [0.3, 0.4) is 0 Å². The molecule has 0 aromatic carbocycles. The minimum absolute atomic E-state index is 0.152. The number of carbonyl (C=O) groups is 2. The number of halogens is 2. The van der Waals surface area contributed by atoms with E-state index in [1.807, 2.05) is 0 Å². The van der Waals surface area contributed by atoms with Gasteiger partial charge >= 0.3 is 5.97 Å². The van der Waals surface area contributed by atoms with Crippen LogP contribution in [0.1, 0.15) is 6.42 Å². The van der Waals surface area contributed by atoms with Crippen molar-refractivity contribution in [1.29, 1.82) is 0 Å². The maximum atomic E-state index is 12.4. The average molecular weight is 402 g/mol. The quantitative estimate of drug-likeness (QED) is 0.418. The minimum Gasteiger partial charge on any atom is -0.469 e. The summed E-state index contributed by atoms with van der Waals surface area (Å²) in [5, 5.41) is 10.1. The lowest BCUT2D eigenvalue weighted by molar-refractivity contribution is -0.220. The lowest BCUT2D eigenvalue weighted by Crippen LogP contribution is -2.57. The van der Waals surface area contributed by atoms with Crippen molar-refractivity contribution in [3.05, 3.63) is 0 Å². The summed E-state index contributed by atoms with van der Waals surface area (Å²) in [6.45, 7) is 0. The van der Waals surface area contributed by atoms with E-state index in [0.717, 1.165) is 0 Å². The molecule has 0 radical (unpaired) electrons. The van der Waals surface area contributed by atoms with Crippen LogP contribution in [0, 0.1) is 5.92 Å². The number of aliphatic hydroxyl groups excluding tert-OH is 1. The normalized spacial score (nSPS) is 43.6. The number of esters is 1. The standard InChI is InChI=1S/C11H14Br2O6/c1-17-8(16)5-4-9(12)6(14)7(15)10(5,13)11(9,18-2)19-3/h5-6,14H,4H2,1-3H3/t5-,6+,9-,10+/m1/s1. The third-order valence-electron chi connectivity index (χ3n) is 4.11. The summed E-state index contributed by atoms with van der Waals surface area (Å²) in [7, 11) is 3.97. The molecule has 2 fully saturated rings. The van der Waals surface area contributed by atoms with Crippen molar-refractivity contribution in [3.8, 4) is 0 Å². The van der Waals surface area contributed by atoms with E-state index in [2.05, 4.69) is 31.9 Å². The number of ketones is 1. The number of ether oxygens (including phenoxy) is 3. The van der Waals surface area contributed by atoms with Crippen LogP contribution in [-0.4, -0.2) is 58.7 Å². The molecular weight excluding hydrogens is 388 g/mol. The van der Waals surface area contributed by atoms with Crippen LogP contribution >= 0.6 is 31.9 Å². The molecular formula is C11H14Br2O6. The molecule has 19 heavy (non-hydrogen) atoms. The van der Waals surface area contributed by atoms with Gasteiger partial charge in [-0.2, -0.15) is 0 Å². The Morgan fingerprint density at radius 1 is 1.32 bits per heavy atom. The van der Waals surface area contributed by atoms with Crippen molar-refractivity contribution in [2.75, 3.05) is 21.3 Å². The molecule has 0 unspecified atom stereocenters. The number of methoxy groups -OCH3 is 3. The number of alkyl halides is 2. The Labute approximate surface area is 127 Å². The van der Waals surface area contributed by atoms with Crippen LogP contribution in [0.4, 0.5) is 0 Å². The topological polar surface area (TPSA) is 82.1 Å². The number of Topliss-reactive ketones (excluding diaryl/α,β-unsaturated/α-hetero) is 1. The van der Waals surface area contributed by atoms with E-state index in [0.29, 0.717) is 0 Å². The molecule has 0 heterocycles. The molecule has 2 rings (SSSR count). The molecule has 0 saturated heterocycles. The first-order chi connectivity index (χ1) is 8.76. The van der Waals surface area contributed by atoms with E-state index < -0.39 is 38.2 Å². The van der Waals surface area contributed by atoms with E-state index >= 15 is 0 Å². The highest BCUT2D eigenvalue weighted by Gasteiger charge is 2.86. The molecule has 0 spiro atoms. The fourth-order valence-corrected chi connectivity index (χ4v) is 5.92. The SMILES string of the molecule is COC(=O)[C@H]1C[C@@]2(Br)[C@@H](O)C(=O)[C@]1(Br)C2(OC)OC. The third kappa shape index (κ3) is 1.41. The minimum atomic E-state index is -1.49. The van der Waals surface area contributed by atoms with E-state index in [1.54, 1.807) is 0 Å². The number of aliphatic hydroxyl groups is 1. The Morgan fingerprint density at radius 3 is 2.21 bits per heavy atom. The Morgan fingerprint density at radius 2 is 1.84 bits per heavy atom. The first-order valence-electron chi connectivity index (χ1n) is 5.55. The zero-order valence-corrected chi connectivity index (χ0v) is 13.8. The molecule has 2 bridgehead atoms. The second-order valence-corrected chi connectivity index (χ2v) is 7.31. The van der Waals surface area contributed by atoms with Gasteiger partial charge in [-0.25, -0.2) is 0 Å². The third-order valence-corrected chi connectivity index (χ3v) is 6.85. The first kappa shape index (κ1) is 15.4. The number of fused-ring (bicyclic) bond motifs is 2. The summed E-state index contributed by atoms with van der Waals surface area (Å²) in [5.41, 5.74) is 0. The zero-order valence-electron chi connectivity index (χ0n) is 10.6. The van der Waals surface area contributed by atoms with Crippen molar-refractivity contribution in [2.24, 2.45) is 5.92 Å². The molecule has 8 heteroatoms. The molecule has 2 aliphatic carbocycles. The van der Waals surface area contributed by atoms with Gasteiger partial charge in [-0.3, -0.25) is 9.59 Å². The van der Waals surface area contributed by atoms with Gasteiger partial charge in [-0.1, -0.05) is 31.9 Å². The van der Waals surface area contributed by atoms with E-state index in [4.69, 9.17) is 14.2 Å². The van der Waals surface area contributed by atoms with Gasteiger partial charge in [0.1, 0.15) is 10.4 Å². The summed E-state index contributed by atoms with van der Waals surface area (Å²) in [4.78, 5) is 24.3. The van der Waals surface area contributed by atoms with Crippen molar-refractivity contribution >= 4 is 43.6 Å². The Kier molecular flexibility index (Phi) is 3.63. The molecule has 0 aromatic rings. The van der Waals surface area contributed by atoms with Crippen LogP contribution in [0.15, 0.2) is 0 Å². The Bertz CT molecular complexity index is 437. The molecule has 108 valence electrons. The van der Waals surface area contributed by atoms with Crippen molar-refractivity contribution in [3.63, 3.8) is 0 Å². The van der Waals surface area contributed by atoms with Gasteiger partial charge in [0.2, 0.25) is 5.79 Å². The van der Waals surface area contributed by atoms with E-state index in [9.17, 15) is 14.7 Å². The number of rotatable bonds is 3. The van der Waals surface area contributed by atoms with Crippen molar-refractivity contribution < 1.29 is 28.9 Å². The van der Waals surface area contributed by atoms with Gasteiger partial charge in [-0.05, 0) is 6.42 Å². The zero-order chi connectivity index (χ0) is 14.6. The number of hydrogen-bond acceptors (Lipinski definition) is 6. The Balaban J connectivity index is 2.65. The van der Waals surface area contributed by atoms with Crippen LogP contribution < -0.4 is 0 Å². The molecule has 1 N–H and O–H groups in total. The fourth-order valence-electron chi connectivity index (χ4n) is 3.24. The summed E-state index contributed by atoms with van der Waals surface area (Å²) in [5.74, 6) is -3.42. The van der Waals surface area contributed by atoms with E-state index in [-0.39, 0.29) is 6.42 Å². The molecule has 4 atom stereocenters. The first-order valence-corrected chi connectivity index (χ1v) is 7.13. The van der Waals surface area contributed by atoms with Crippen LogP contribution in [0.2, 0.25) is 0 Å². The van der Waals surface area contributed by atoms with Gasteiger partial charge in [0, 0.05) is 14.2 Å². The van der Waals surface area contributed by atoms with Gasteiger partial charge in [-0.15, -0.1) is 0 Å². The van der Waals surface area contributed by atoms with Crippen LogP contribution in [0.25, 0.3) is 0 Å². The van der Waals surface area contributed by atoms with E-state index in [1.165, 1.54) is 21.3 Å². The fraction of sp³-hybridized carbons (Fsp3) is 0.818. The van der Waals surface area contributed by atoms with Crippen molar-refractivity contribution in [1.82, 2.24) is 0 Å². The predicted molar refractivity (Wildman–Crippen MR) is 71.2 cm³/mol. The second kappa shape index (κ2) is 4.49. The summed E-state index contributed by atoms with van der Waals surface area (Å²) in [6.07, 6.45) is -1.19. The molecule has 0 aliphatic heterocycles. The number of carbonyl (C=O) groups excluding carboxylic acids is 2. The van der Waals surface area contributed by atoms with Gasteiger partial charge in [0.25, 0.3) is 0 Å². The van der Waals surface area contributed by atoms with Crippen LogP contribution in [0.5, 0.6) is 0 Å². The lowest BCUT2D eigenvalue weighted by atomic mass is 9.86. The average Bonchev–Trinajstić information content (AvgIpc) is 2.69. The maximum absolute atomic E-state index is 12.4. The molecule has 2 saturated carbocycles. The molecule has 0 aromatic heterocycles. The summed E-state index contributed by atoms with van der Waals surface area (Å²) in [6, 6.07) is 0. The van der Waals surface area contributed by atoms with Gasteiger partial charge in [0.05, 0.1) is 13.0 Å². The second-order valence-electron chi connectivity index (χ2n) is 4.65. The monoisotopic (exact) mass is 400 g/mol. The van der Waals surface area contributed by atoms with Gasteiger partial charge < -0.3 is 19.3 Å². The Hall–Kier alpha value is -0.0200. The molecule has 2 aliphatic rings. The highest BCUT2D eigenvalue weighted by Crippen LogP contribution is 2.67. The van der Waals surface area contributed by atoms with Gasteiger partial charge in [0.15, 0.2) is 10.1 Å². The predicted octanol–water partition coefficient (Wildman–Crippen LogP) is 0.379. The van der Waals surface area contributed by atoms with Crippen LogP contribution in [-0.2, 0) is 23.8 Å². The molecule has 0 amide bonds. The largest absolute Gasteiger partial charge is 0.469 e. The van der Waals surface area contributed by atoms with Crippen molar-refractivity contribution in [2.45, 2.75) is 27.0 Å². The highest BCUT2D eigenvalue weighted by atomic mass is 79.9.